The molecule has 2 aliphatic heterocycles. The van der Waals surface area contributed by atoms with Gasteiger partial charge in [-0.3, -0.25) is 9.59 Å². The van der Waals surface area contributed by atoms with Gasteiger partial charge in [-0.2, -0.15) is 0 Å². The first-order valence-electron chi connectivity index (χ1n) is 19.2. The normalized spacial score (nSPS) is 16.8. The average molecular weight is 723 g/mol. The molecule has 1 aliphatic carbocycles. The summed E-state index contributed by atoms with van der Waals surface area (Å²) >= 11 is 0. The average Bonchev–Trinajstić information content (AvgIpc) is 3.70. The van der Waals surface area contributed by atoms with Gasteiger partial charge in [0.25, 0.3) is 11.8 Å². The van der Waals surface area contributed by atoms with E-state index in [0.29, 0.717) is 16.8 Å². The molecule has 0 fully saturated rings. The van der Waals surface area contributed by atoms with E-state index in [2.05, 4.69) is 104 Å². The van der Waals surface area contributed by atoms with Crippen LogP contribution in [-0.2, 0) is 0 Å². The number of rotatable bonds is 6. The van der Waals surface area contributed by atoms with Crippen LogP contribution in [0.15, 0.2) is 182 Å². The Morgan fingerprint density at radius 1 is 0.482 bits per heavy atom. The lowest BCUT2D eigenvalue weighted by Gasteiger charge is -2.31. The summed E-state index contributed by atoms with van der Waals surface area (Å²) in [5.41, 5.74) is 14.9. The van der Waals surface area contributed by atoms with Crippen molar-refractivity contribution in [3.63, 3.8) is 0 Å². The van der Waals surface area contributed by atoms with E-state index in [1.807, 2.05) is 91.0 Å². The molecule has 268 valence electrons. The van der Waals surface area contributed by atoms with Crippen LogP contribution in [0.25, 0.3) is 39.0 Å². The zero-order valence-corrected chi connectivity index (χ0v) is 31.2. The number of anilines is 3. The third-order valence-electron chi connectivity index (χ3n) is 11.6. The number of allylic oxidation sites excluding steroid dienone is 2. The minimum atomic E-state index is -0.323. The molecule has 10 rings (SSSR count). The molecule has 0 saturated carbocycles. The van der Waals surface area contributed by atoms with E-state index in [9.17, 15) is 4.79 Å². The molecule has 2 atom stereocenters. The second kappa shape index (κ2) is 13.4. The summed E-state index contributed by atoms with van der Waals surface area (Å²) in [5, 5.41) is 0. The maximum atomic E-state index is 15.3. The van der Waals surface area contributed by atoms with Crippen molar-refractivity contribution in [2.24, 2.45) is 0 Å². The summed E-state index contributed by atoms with van der Waals surface area (Å²) in [6.07, 6.45) is 6.89. The van der Waals surface area contributed by atoms with Crippen molar-refractivity contribution >= 4 is 34.4 Å². The number of nitrogens with zero attached hydrogens (tertiary/aromatic N) is 2. The number of carbonyl (C=O) groups excluding carboxylic acids is 2. The number of hydrogen-bond donors (Lipinski definition) is 0. The molecule has 7 aromatic carbocycles. The van der Waals surface area contributed by atoms with Gasteiger partial charge in [-0.1, -0.05) is 164 Å². The first kappa shape index (κ1) is 33.5. The SMILES string of the molecule is Cc1ccccc1C1=CC2C(C=C1)c1ccc(-c3ccccc3C)cc1N2c1cccc2c1C(=O)N(c1c(-c3ccccc3)cccc1-c1ccccc1)C2=O. The van der Waals surface area contributed by atoms with Crippen LogP contribution in [-0.4, -0.2) is 17.9 Å². The molecule has 0 bridgehead atoms. The third kappa shape index (κ3) is 5.29. The van der Waals surface area contributed by atoms with Crippen LogP contribution in [0, 0.1) is 13.8 Å². The van der Waals surface area contributed by atoms with Crippen molar-refractivity contribution < 1.29 is 9.59 Å². The van der Waals surface area contributed by atoms with Crippen LogP contribution in [0.1, 0.15) is 48.9 Å². The van der Waals surface area contributed by atoms with Gasteiger partial charge in [-0.05, 0) is 82.1 Å². The fourth-order valence-corrected chi connectivity index (χ4v) is 8.97. The molecule has 7 aromatic rings. The van der Waals surface area contributed by atoms with Crippen molar-refractivity contribution in [1.82, 2.24) is 0 Å². The maximum absolute atomic E-state index is 15.3. The molecular weight excluding hydrogens is 685 g/mol. The number of hydrogen-bond acceptors (Lipinski definition) is 3. The van der Waals surface area contributed by atoms with Crippen molar-refractivity contribution in [1.29, 1.82) is 0 Å². The Bertz CT molecular complexity index is 2720. The Morgan fingerprint density at radius 3 is 1.71 bits per heavy atom. The highest BCUT2D eigenvalue weighted by molar-refractivity contribution is 6.38. The van der Waals surface area contributed by atoms with Gasteiger partial charge < -0.3 is 4.90 Å². The summed E-state index contributed by atoms with van der Waals surface area (Å²) in [4.78, 5) is 34.0. The van der Waals surface area contributed by atoms with Gasteiger partial charge in [0.05, 0.1) is 28.5 Å². The lowest BCUT2D eigenvalue weighted by atomic mass is 9.85. The molecule has 0 N–H and O–H groups in total. The molecule has 2 unspecified atom stereocenters. The van der Waals surface area contributed by atoms with Gasteiger partial charge >= 0.3 is 0 Å². The standard InChI is InChI=1S/C52H38N2O2/c1-33-15-9-11-21-39(33)37-27-29-43-44-30-28-38(40-22-12-10-16-34(40)2)32-48(44)53(47(43)31-37)46-26-14-25-45-49(46)52(56)54(51(45)55)50-41(35-17-5-3-6-18-35)23-13-24-42(50)36-19-7-4-8-20-36/h3-32,43,47H,1-2H3. The molecule has 4 heteroatoms. The second-order valence-electron chi connectivity index (χ2n) is 14.9. The fraction of sp³-hybridized carbons (Fsp3) is 0.0769. The van der Waals surface area contributed by atoms with E-state index in [0.717, 1.165) is 44.8 Å². The molecule has 0 spiro atoms. The summed E-state index contributed by atoms with van der Waals surface area (Å²) in [6.45, 7) is 4.28. The first-order valence-corrected chi connectivity index (χ1v) is 19.2. The molecule has 0 saturated heterocycles. The highest BCUT2D eigenvalue weighted by Gasteiger charge is 2.45. The number of aryl methyl sites for hydroxylation is 2. The monoisotopic (exact) mass is 722 g/mol. The van der Waals surface area contributed by atoms with Crippen LogP contribution in [0.5, 0.6) is 0 Å². The quantitative estimate of drug-likeness (QED) is 0.160. The van der Waals surface area contributed by atoms with Crippen LogP contribution in [0.3, 0.4) is 0 Å². The van der Waals surface area contributed by atoms with Gasteiger partial charge in [0.2, 0.25) is 0 Å². The first-order chi connectivity index (χ1) is 27.5. The van der Waals surface area contributed by atoms with Gasteiger partial charge in [0, 0.05) is 22.7 Å². The summed E-state index contributed by atoms with van der Waals surface area (Å²) in [7, 11) is 0. The number of fused-ring (bicyclic) bond motifs is 4. The Morgan fingerprint density at radius 2 is 1.05 bits per heavy atom. The van der Waals surface area contributed by atoms with E-state index in [1.165, 1.54) is 32.7 Å². The van der Waals surface area contributed by atoms with Crippen molar-refractivity contribution in [3.8, 4) is 33.4 Å². The van der Waals surface area contributed by atoms with E-state index in [-0.39, 0.29) is 23.8 Å². The molecule has 0 radical (unpaired) electrons. The van der Waals surface area contributed by atoms with Gasteiger partial charge in [-0.25, -0.2) is 4.90 Å². The Labute approximate surface area is 327 Å². The Hall–Kier alpha value is -7.04. The Balaban J connectivity index is 1.17. The molecule has 2 amide bonds. The predicted molar refractivity (Wildman–Crippen MR) is 228 cm³/mol. The minimum Gasteiger partial charge on any atom is -0.333 e. The smallest absolute Gasteiger partial charge is 0.268 e. The van der Waals surface area contributed by atoms with Crippen LogP contribution >= 0.6 is 0 Å². The van der Waals surface area contributed by atoms with Gasteiger partial charge in [0.15, 0.2) is 0 Å². The largest absolute Gasteiger partial charge is 0.333 e. The lowest BCUT2D eigenvalue weighted by Crippen LogP contribution is -2.32. The number of benzene rings is 7. The topological polar surface area (TPSA) is 40.6 Å². The molecule has 56 heavy (non-hydrogen) atoms. The highest BCUT2D eigenvalue weighted by Crippen LogP contribution is 2.53. The van der Waals surface area contributed by atoms with Gasteiger partial charge in [-0.15, -0.1) is 0 Å². The Kier molecular flexibility index (Phi) is 8.00. The molecule has 2 heterocycles. The highest BCUT2D eigenvalue weighted by atomic mass is 16.2. The molecule has 0 aromatic heterocycles. The molecule has 4 nitrogen and oxygen atoms in total. The van der Waals surface area contributed by atoms with E-state index in [1.54, 1.807) is 6.07 Å². The minimum absolute atomic E-state index is 0.0475. The third-order valence-corrected chi connectivity index (χ3v) is 11.6. The van der Waals surface area contributed by atoms with Crippen LogP contribution in [0.2, 0.25) is 0 Å². The van der Waals surface area contributed by atoms with Crippen LogP contribution < -0.4 is 9.80 Å². The predicted octanol–water partition coefficient (Wildman–Crippen LogP) is 12.4. The number of carbonyl (C=O) groups is 2. The van der Waals surface area contributed by atoms with Gasteiger partial charge in [0.1, 0.15) is 0 Å². The van der Waals surface area contributed by atoms with Crippen LogP contribution in [0.4, 0.5) is 17.1 Å². The zero-order valence-electron chi connectivity index (χ0n) is 31.2. The van der Waals surface area contributed by atoms with E-state index >= 15 is 4.79 Å². The summed E-state index contributed by atoms with van der Waals surface area (Å²) in [6, 6.07) is 55.3. The van der Waals surface area contributed by atoms with E-state index in [4.69, 9.17) is 0 Å². The van der Waals surface area contributed by atoms with Crippen molar-refractivity contribution in [2.75, 3.05) is 9.80 Å². The lowest BCUT2D eigenvalue weighted by molar-refractivity contribution is 0.0926. The maximum Gasteiger partial charge on any atom is 0.268 e. The summed E-state index contributed by atoms with van der Waals surface area (Å²) < 4.78 is 0. The van der Waals surface area contributed by atoms with Crippen molar-refractivity contribution in [2.45, 2.75) is 25.8 Å². The molecular formula is C52H38N2O2. The fourth-order valence-electron chi connectivity index (χ4n) is 8.97. The number of amides is 2. The number of para-hydroxylation sites is 1. The zero-order chi connectivity index (χ0) is 37.9. The number of imide groups is 1. The second-order valence-corrected chi connectivity index (χ2v) is 14.9. The molecule has 3 aliphatic rings. The summed E-state index contributed by atoms with van der Waals surface area (Å²) in [5.74, 6) is -0.598. The van der Waals surface area contributed by atoms with E-state index < -0.39 is 0 Å². The van der Waals surface area contributed by atoms with Crippen molar-refractivity contribution in [3.05, 3.63) is 215 Å².